The van der Waals surface area contributed by atoms with Gasteiger partial charge in [0.15, 0.2) is 0 Å². The predicted octanol–water partition coefficient (Wildman–Crippen LogP) is 2.53. The van der Waals surface area contributed by atoms with Crippen LogP contribution >= 0.6 is 0 Å². The van der Waals surface area contributed by atoms with Gasteiger partial charge in [-0.1, -0.05) is 0 Å². The molecule has 3 heteroatoms. The fraction of sp³-hybridized carbons (Fsp3) is 1.00. The molecule has 0 unspecified atom stereocenters. The van der Waals surface area contributed by atoms with E-state index in [4.69, 9.17) is 5.71 Å². The number of hydrogen-bond acceptors (Lipinski definition) is 2. The van der Waals surface area contributed by atoms with Crippen LogP contribution in [0.3, 0.4) is 0 Å². The van der Waals surface area contributed by atoms with E-state index in [1.165, 1.54) is 25.7 Å². The molecule has 0 rings (SSSR count). The van der Waals surface area contributed by atoms with Crippen LogP contribution in [0.4, 0.5) is 0 Å². The van der Waals surface area contributed by atoms with Crippen LogP contribution in [0.5, 0.6) is 0 Å². The molecule has 0 fully saturated rings. The maximum absolute atomic E-state index is 5.39. The van der Waals surface area contributed by atoms with Gasteiger partial charge in [0.25, 0.3) is 0 Å². The molecule has 0 saturated heterocycles. The third-order valence-electron chi connectivity index (χ3n) is 1.32. The Morgan fingerprint density at radius 1 is 0.909 bits per heavy atom. The van der Waals surface area contributed by atoms with Crippen molar-refractivity contribution in [3.05, 3.63) is 0 Å². The van der Waals surface area contributed by atoms with Crippen molar-refractivity contribution in [2.45, 2.75) is 39.5 Å². The summed E-state index contributed by atoms with van der Waals surface area (Å²) in [6.45, 7) is 6.20. The Balaban J connectivity index is 2.69. The van der Waals surface area contributed by atoms with Crippen molar-refractivity contribution in [2.24, 2.45) is 0 Å². The van der Waals surface area contributed by atoms with Gasteiger partial charge in [0.1, 0.15) is 0 Å². The van der Waals surface area contributed by atoms with E-state index in [0.29, 0.717) is 0 Å². The first-order valence-corrected chi connectivity index (χ1v) is 7.33. The average Bonchev–Trinajstić information content (AvgIpc) is 2.03. The molecule has 0 N–H and O–H groups in total. The Bertz CT molecular complexity index is 61.1. The predicted molar refractivity (Wildman–Crippen MR) is 41.7 cm³/mol. The van der Waals surface area contributed by atoms with E-state index in [1.54, 1.807) is 0 Å². The van der Waals surface area contributed by atoms with Crippen LogP contribution in [-0.4, -0.2) is 13.2 Å². The van der Waals surface area contributed by atoms with Gasteiger partial charge in [0.05, 0.1) is 0 Å². The van der Waals surface area contributed by atoms with E-state index in [2.05, 4.69) is 13.8 Å². The van der Waals surface area contributed by atoms with Crippen molar-refractivity contribution in [1.29, 1.82) is 0 Å². The molecule has 0 aromatic carbocycles. The Kier molecular flexibility index (Phi) is 11.6. The van der Waals surface area contributed by atoms with Gasteiger partial charge in [-0.25, -0.2) is 0 Å². The summed E-state index contributed by atoms with van der Waals surface area (Å²) >= 11 is -1.07. The molecule has 0 radical (unpaired) electrons. The van der Waals surface area contributed by atoms with Crippen LogP contribution in [0.25, 0.3) is 0 Å². The molecule has 0 aliphatic rings. The molecule has 0 aliphatic carbocycles. The van der Waals surface area contributed by atoms with Gasteiger partial charge in [-0.15, -0.1) is 0 Å². The normalized spacial score (nSPS) is 10.0. The molecule has 11 heavy (non-hydrogen) atoms. The molecule has 0 bridgehead atoms. The Labute approximate surface area is 82.2 Å². The van der Waals surface area contributed by atoms with Crippen molar-refractivity contribution < 1.29 is 29.5 Å². The third kappa shape index (κ3) is 10.8. The summed E-state index contributed by atoms with van der Waals surface area (Å²) in [7, 11) is 0. The zero-order valence-electron chi connectivity index (χ0n) is 7.56. The monoisotopic (exact) mass is 326 g/mol. The van der Waals surface area contributed by atoms with Gasteiger partial charge in [-0.05, 0) is 0 Å². The van der Waals surface area contributed by atoms with Crippen LogP contribution < -0.4 is 0 Å². The molecule has 2 nitrogen and oxygen atoms in total. The first-order chi connectivity index (χ1) is 5.41. The van der Waals surface area contributed by atoms with Gasteiger partial charge in [0, 0.05) is 0 Å². The average molecular weight is 325 g/mol. The summed E-state index contributed by atoms with van der Waals surface area (Å²) in [6.07, 6.45) is 4.81. The topological polar surface area (TPSA) is 18.5 Å². The summed E-state index contributed by atoms with van der Waals surface area (Å²) < 4.78 is 10.8. The van der Waals surface area contributed by atoms with Gasteiger partial charge in [0.2, 0.25) is 0 Å². The minimum absolute atomic E-state index is 0.922. The SMILES string of the molecule is CCCC[O][Hf][O]CCCC. The van der Waals surface area contributed by atoms with Crippen LogP contribution in [-0.2, 0) is 29.5 Å². The molecule has 0 aromatic rings. The molecule has 0 aliphatic heterocycles. The molecular formula is C8H18HfO2. The second-order valence-electron chi connectivity index (χ2n) is 2.49. The molecule has 66 valence electrons. The second kappa shape index (κ2) is 10.8. The number of hydrogen-bond donors (Lipinski definition) is 0. The zero-order valence-corrected chi connectivity index (χ0v) is 11.2. The van der Waals surface area contributed by atoms with E-state index in [0.717, 1.165) is 13.2 Å². The van der Waals surface area contributed by atoms with Crippen molar-refractivity contribution in [3.8, 4) is 0 Å². The fourth-order valence-electron chi connectivity index (χ4n) is 0.558. The van der Waals surface area contributed by atoms with Gasteiger partial charge in [-0.3, -0.25) is 0 Å². The van der Waals surface area contributed by atoms with Crippen molar-refractivity contribution in [1.82, 2.24) is 0 Å². The van der Waals surface area contributed by atoms with Crippen LogP contribution in [0.2, 0.25) is 0 Å². The second-order valence-corrected chi connectivity index (χ2v) is 5.16. The quantitative estimate of drug-likeness (QED) is 0.504. The van der Waals surface area contributed by atoms with E-state index >= 15 is 0 Å². The summed E-state index contributed by atoms with van der Waals surface area (Å²) in [5.41, 5.74) is 0. The number of rotatable bonds is 8. The summed E-state index contributed by atoms with van der Waals surface area (Å²) in [6, 6.07) is 0. The van der Waals surface area contributed by atoms with Gasteiger partial charge in [-0.2, -0.15) is 0 Å². The Hall–Kier alpha value is 0.790. The summed E-state index contributed by atoms with van der Waals surface area (Å²) in [5, 5.41) is 0. The van der Waals surface area contributed by atoms with Gasteiger partial charge >= 0.3 is 82.2 Å². The van der Waals surface area contributed by atoms with Crippen LogP contribution in [0, 0.1) is 0 Å². The molecule has 0 heterocycles. The Morgan fingerprint density at radius 2 is 1.36 bits per heavy atom. The third-order valence-corrected chi connectivity index (χ3v) is 3.63. The fourth-order valence-corrected chi connectivity index (χ4v) is 2.49. The molecule has 0 aromatic heterocycles. The molecule has 0 saturated carbocycles. The maximum atomic E-state index is 5.39. The minimum atomic E-state index is -1.07. The van der Waals surface area contributed by atoms with Crippen molar-refractivity contribution >= 4 is 0 Å². The van der Waals surface area contributed by atoms with E-state index in [1.807, 2.05) is 0 Å². The van der Waals surface area contributed by atoms with Crippen LogP contribution in [0.15, 0.2) is 0 Å². The standard InChI is InChI=1S/2C4H9O.Hf/c2*1-2-3-4-5;/h2*2-4H2,1H3;/q2*-1;+2. The first-order valence-electron chi connectivity index (χ1n) is 4.40. The van der Waals surface area contributed by atoms with Crippen molar-refractivity contribution in [2.75, 3.05) is 13.2 Å². The summed E-state index contributed by atoms with van der Waals surface area (Å²) in [5.74, 6) is 0. The number of unbranched alkanes of at least 4 members (excludes halogenated alkanes) is 2. The van der Waals surface area contributed by atoms with E-state index in [9.17, 15) is 0 Å². The van der Waals surface area contributed by atoms with Crippen molar-refractivity contribution in [3.63, 3.8) is 0 Å². The molecule has 0 spiro atoms. The zero-order chi connectivity index (χ0) is 8.36. The molecule has 0 atom stereocenters. The van der Waals surface area contributed by atoms with Gasteiger partial charge < -0.3 is 0 Å². The molecule has 0 amide bonds. The van der Waals surface area contributed by atoms with E-state index in [-0.39, 0.29) is 0 Å². The molecular weight excluding hydrogens is 307 g/mol. The Morgan fingerprint density at radius 3 is 1.73 bits per heavy atom. The first kappa shape index (κ1) is 11.8. The van der Waals surface area contributed by atoms with Crippen LogP contribution in [0.1, 0.15) is 39.5 Å². The van der Waals surface area contributed by atoms with E-state index < -0.39 is 23.8 Å². The summed E-state index contributed by atoms with van der Waals surface area (Å²) in [4.78, 5) is 0.